The summed E-state index contributed by atoms with van der Waals surface area (Å²) in [7, 11) is 0. The van der Waals surface area contributed by atoms with E-state index in [0.29, 0.717) is 12.0 Å². The van der Waals surface area contributed by atoms with E-state index in [1.807, 2.05) is 19.9 Å². The lowest BCUT2D eigenvalue weighted by molar-refractivity contribution is -0.141. The van der Waals surface area contributed by atoms with E-state index in [2.05, 4.69) is 13.5 Å². The molecule has 0 saturated carbocycles. The SMILES string of the molecule is C=C(C)[C@@H]1CCC(C)=CC1C1=C(OCC(=O)O)C(=O)C(CCCCC)=CC1=O. The first-order valence-electron chi connectivity index (χ1n) is 9.97. The van der Waals surface area contributed by atoms with Crippen molar-refractivity contribution in [2.75, 3.05) is 6.61 Å². The highest BCUT2D eigenvalue weighted by atomic mass is 16.5. The van der Waals surface area contributed by atoms with E-state index in [-0.39, 0.29) is 34.7 Å². The molecular formula is C23H30O5. The van der Waals surface area contributed by atoms with Crippen molar-refractivity contribution in [3.8, 4) is 0 Å². The van der Waals surface area contributed by atoms with Gasteiger partial charge in [0.1, 0.15) is 0 Å². The first kappa shape index (κ1) is 21.9. The molecule has 2 aliphatic carbocycles. The highest BCUT2D eigenvalue weighted by Crippen LogP contribution is 2.41. The first-order valence-corrected chi connectivity index (χ1v) is 9.97. The molecule has 2 aliphatic rings. The molecule has 0 amide bonds. The van der Waals surface area contributed by atoms with E-state index in [9.17, 15) is 14.4 Å². The van der Waals surface area contributed by atoms with Gasteiger partial charge in [0.25, 0.3) is 0 Å². The standard InChI is InChI=1S/C23H30O5/c1-5-6-7-8-16-12-19(24)21(23(22(16)27)28-13-20(25)26)18-11-15(4)9-10-17(18)14(2)3/h11-12,17-18H,2,5-10,13H2,1,3-4H3,(H,25,26)/t17-,18?/m0/s1. The Morgan fingerprint density at radius 1 is 1.32 bits per heavy atom. The maximum Gasteiger partial charge on any atom is 0.341 e. The third-order valence-corrected chi connectivity index (χ3v) is 5.42. The Kier molecular flexibility index (Phi) is 7.55. The number of carbonyl (C=O) groups is 3. The lowest BCUT2D eigenvalue weighted by atomic mass is 9.71. The van der Waals surface area contributed by atoms with Crippen molar-refractivity contribution in [2.45, 2.75) is 59.3 Å². The zero-order valence-corrected chi connectivity index (χ0v) is 17.0. The van der Waals surface area contributed by atoms with Gasteiger partial charge in [0.15, 0.2) is 18.1 Å². The molecule has 2 rings (SSSR count). The first-order chi connectivity index (χ1) is 13.3. The topological polar surface area (TPSA) is 80.7 Å². The highest BCUT2D eigenvalue weighted by Gasteiger charge is 2.38. The van der Waals surface area contributed by atoms with Gasteiger partial charge in [-0.1, -0.05) is 43.6 Å². The van der Waals surface area contributed by atoms with E-state index >= 15 is 0 Å². The van der Waals surface area contributed by atoms with Gasteiger partial charge < -0.3 is 9.84 Å². The molecule has 0 heterocycles. The summed E-state index contributed by atoms with van der Waals surface area (Å²) in [5.41, 5.74) is 2.77. The molecule has 0 fully saturated rings. The average Bonchev–Trinajstić information content (AvgIpc) is 2.62. The zero-order valence-electron chi connectivity index (χ0n) is 17.0. The second-order valence-electron chi connectivity index (χ2n) is 7.78. The second-order valence-corrected chi connectivity index (χ2v) is 7.78. The molecule has 0 radical (unpaired) electrons. The van der Waals surface area contributed by atoms with E-state index < -0.39 is 12.6 Å². The lowest BCUT2D eigenvalue weighted by Gasteiger charge is -2.33. The number of hydrogen-bond donors (Lipinski definition) is 1. The molecule has 0 spiro atoms. The summed E-state index contributed by atoms with van der Waals surface area (Å²) in [6.45, 7) is 9.40. The van der Waals surface area contributed by atoms with Crippen LogP contribution in [0.4, 0.5) is 0 Å². The summed E-state index contributed by atoms with van der Waals surface area (Å²) in [5.74, 6) is -2.18. The maximum absolute atomic E-state index is 13.0. The van der Waals surface area contributed by atoms with Crippen molar-refractivity contribution >= 4 is 17.5 Å². The van der Waals surface area contributed by atoms with Crippen molar-refractivity contribution in [2.24, 2.45) is 11.8 Å². The number of aliphatic carboxylic acids is 1. The fourth-order valence-electron chi connectivity index (χ4n) is 3.93. The van der Waals surface area contributed by atoms with Crippen LogP contribution in [-0.4, -0.2) is 29.2 Å². The average molecular weight is 386 g/mol. The zero-order chi connectivity index (χ0) is 20.8. The fourth-order valence-corrected chi connectivity index (χ4v) is 3.93. The van der Waals surface area contributed by atoms with Crippen LogP contribution in [0.1, 0.15) is 59.3 Å². The molecule has 28 heavy (non-hydrogen) atoms. The van der Waals surface area contributed by atoms with Crippen molar-refractivity contribution in [3.05, 3.63) is 46.8 Å². The Hall–Kier alpha value is -2.43. The van der Waals surface area contributed by atoms with Crippen LogP contribution in [0.5, 0.6) is 0 Å². The molecule has 0 bridgehead atoms. The summed E-state index contributed by atoms with van der Waals surface area (Å²) in [5, 5.41) is 9.03. The van der Waals surface area contributed by atoms with Crippen LogP contribution in [-0.2, 0) is 19.1 Å². The molecule has 0 aromatic heterocycles. The molecule has 5 heteroatoms. The summed E-state index contributed by atoms with van der Waals surface area (Å²) in [4.78, 5) is 37.1. The summed E-state index contributed by atoms with van der Waals surface area (Å²) in [6.07, 6.45) is 8.44. The molecule has 0 aromatic carbocycles. The van der Waals surface area contributed by atoms with E-state index in [4.69, 9.17) is 9.84 Å². The molecule has 1 N–H and O–H groups in total. The van der Waals surface area contributed by atoms with Gasteiger partial charge in [-0.15, -0.1) is 0 Å². The molecule has 0 aromatic rings. The minimum atomic E-state index is -1.18. The Balaban J connectivity index is 2.47. The Morgan fingerprint density at radius 2 is 2.04 bits per heavy atom. The number of carboxylic acids is 1. The Morgan fingerprint density at radius 3 is 2.64 bits per heavy atom. The molecule has 2 atom stereocenters. The number of carbonyl (C=O) groups excluding carboxylic acids is 2. The fraction of sp³-hybridized carbons (Fsp3) is 0.522. The van der Waals surface area contributed by atoms with Gasteiger partial charge in [0.2, 0.25) is 5.78 Å². The number of ketones is 2. The second kappa shape index (κ2) is 9.67. The number of hydrogen-bond acceptors (Lipinski definition) is 4. The van der Waals surface area contributed by atoms with Gasteiger partial charge in [-0.2, -0.15) is 0 Å². The molecule has 152 valence electrons. The van der Waals surface area contributed by atoms with Gasteiger partial charge in [-0.25, -0.2) is 4.79 Å². The van der Waals surface area contributed by atoms with E-state index in [0.717, 1.165) is 43.3 Å². The number of rotatable bonds is 9. The molecule has 1 unspecified atom stereocenters. The van der Waals surface area contributed by atoms with Gasteiger partial charge in [-0.05, 0) is 51.5 Å². The van der Waals surface area contributed by atoms with E-state index in [1.165, 1.54) is 6.08 Å². The number of unbranched alkanes of at least 4 members (excludes halogenated alkanes) is 2. The number of Topliss-reactive ketones (excluding diaryl/α,β-unsaturated/α-hetero) is 1. The predicted molar refractivity (Wildman–Crippen MR) is 108 cm³/mol. The number of allylic oxidation sites excluding steroid dienone is 6. The lowest BCUT2D eigenvalue weighted by Crippen LogP contribution is -2.31. The third-order valence-electron chi connectivity index (χ3n) is 5.42. The summed E-state index contributed by atoms with van der Waals surface area (Å²) in [6, 6.07) is 0. The van der Waals surface area contributed by atoms with Gasteiger partial charge in [0.05, 0.1) is 5.57 Å². The Labute approximate surface area is 166 Å². The normalized spacial score (nSPS) is 22.7. The van der Waals surface area contributed by atoms with Crippen LogP contribution in [0, 0.1) is 11.8 Å². The van der Waals surface area contributed by atoms with Gasteiger partial charge in [-0.3, -0.25) is 9.59 Å². The predicted octanol–water partition coefficient (Wildman–Crippen LogP) is 4.55. The van der Waals surface area contributed by atoms with Gasteiger partial charge in [0, 0.05) is 11.5 Å². The largest absolute Gasteiger partial charge is 0.479 e. The quantitative estimate of drug-likeness (QED) is 0.357. The van der Waals surface area contributed by atoms with E-state index in [1.54, 1.807) is 0 Å². The smallest absolute Gasteiger partial charge is 0.341 e. The molecule has 0 aliphatic heterocycles. The number of ether oxygens (including phenoxy) is 1. The maximum atomic E-state index is 13.0. The summed E-state index contributed by atoms with van der Waals surface area (Å²) < 4.78 is 5.40. The van der Waals surface area contributed by atoms with Crippen LogP contribution in [0.2, 0.25) is 0 Å². The molecule has 5 nitrogen and oxygen atoms in total. The monoisotopic (exact) mass is 386 g/mol. The van der Waals surface area contributed by atoms with Crippen molar-refractivity contribution in [1.29, 1.82) is 0 Å². The Bertz CT molecular complexity index is 766. The molecule has 0 saturated heterocycles. The molecular weight excluding hydrogens is 356 g/mol. The number of carboxylic acid groups (broad SMARTS) is 1. The van der Waals surface area contributed by atoms with Crippen LogP contribution in [0.25, 0.3) is 0 Å². The van der Waals surface area contributed by atoms with Crippen LogP contribution in [0.3, 0.4) is 0 Å². The minimum absolute atomic E-state index is 0.0221. The van der Waals surface area contributed by atoms with Gasteiger partial charge >= 0.3 is 5.97 Å². The minimum Gasteiger partial charge on any atom is -0.479 e. The van der Waals surface area contributed by atoms with Crippen LogP contribution < -0.4 is 0 Å². The van der Waals surface area contributed by atoms with Crippen molar-refractivity contribution in [3.63, 3.8) is 0 Å². The third kappa shape index (κ3) is 5.09. The van der Waals surface area contributed by atoms with Crippen LogP contribution >= 0.6 is 0 Å². The summed E-state index contributed by atoms with van der Waals surface area (Å²) >= 11 is 0. The van der Waals surface area contributed by atoms with Crippen molar-refractivity contribution in [1.82, 2.24) is 0 Å². The van der Waals surface area contributed by atoms with Crippen molar-refractivity contribution < 1.29 is 24.2 Å². The highest BCUT2D eigenvalue weighted by molar-refractivity contribution is 6.22. The van der Waals surface area contributed by atoms with Crippen LogP contribution in [0.15, 0.2) is 46.8 Å².